The van der Waals surface area contributed by atoms with Crippen molar-refractivity contribution in [1.29, 1.82) is 0 Å². The number of methoxy groups -OCH3 is 2. The standard InChI is InChI=1S/C21H23N5O3S2/c1-4-17-23-24-21(31-13-14-9-6-5-7-10-14)26(17)25-20(30)22-19(27)18-15(28-2)11-8-12-16(18)29-3/h5-12H,4,13H2,1-3H3,(H2,22,25,27,30). The molecule has 0 aliphatic carbocycles. The van der Waals surface area contributed by atoms with E-state index in [4.69, 9.17) is 21.7 Å². The van der Waals surface area contributed by atoms with Gasteiger partial charge in [-0.05, 0) is 29.9 Å². The summed E-state index contributed by atoms with van der Waals surface area (Å²) in [4.78, 5) is 12.8. The molecule has 0 saturated carbocycles. The highest BCUT2D eigenvalue weighted by molar-refractivity contribution is 7.98. The van der Waals surface area contributed by atoms with Gasteiger partial charge in [-0.15, -0.1) is 10.2 Å². The summed E-state index contributed by atoms with van der Waals surface area (Å²) >= 11 is 6.89. The third-order valence-electron chi connectivity index (χ3n) is 4.32. The van der Waals surface area contributed by atoms with Crippen LogP contribution in [0.1, 0.15) is 28.7 Å². The van der Waals surface area contributed by atoms with Crippen LogP contribution < -0.4 is 20.2 Å². The number of aromatic nitrogens is 3. The van der Waals surface area contributed by atoms with Crippen LogP contribution in [0.5, 0.6) is 11.5 Å². The summed E-state index contributed by atoms with van der Waals surface area (Å²) in [7, 11) is 2.98. The van der Waals surface area contributed by atoms with Crippen molar-refractivity contribution < 1.29 is 14.3 Å². The first-order valence-corrected chi connectivity index (χ1v) is 10.9. The second kappa shape index (κ2) is 10.8. The molecule has 31 heavy (non-hydrogen) atoms. The SMILES string of the molecule is CCc1nnc(SCc2ccccc2)n1NC(=S)NC(=O)c1c(OC)cccc1OC. The molecule has 0 bridgehead atoms. The molecule has 2 N–H and O–H groups in total. The Hall–Kier alpha value is -3.11. The highest BCUT2D eigenvalue weighted by Crippen LogP contribution is 2.28. The third-order valence-corrected chi connectivity index (χ3v) is 5.52. The number of ether oxygens (including phenoxy) is 2. The number of carbonyl (C=O) groups is 1. The first-order valence-electron chi connectivity index (χ1n) is 9.51. The van der Waals surface area contributed by atoms with E-state index in [1.807, 2.05) is 37.3 Å². The highest BCUT2D eigenvalue weighted by atomic mass is 32.2. The molecule has 0 fully saturated rings. The number of rotatable bonds is 8. The van der Waals surface area contributed by atoms with Crippen LogP contribution in [0, 0.1) is 0 Å². The van der Waals surface area contributed by atoms with Gasteiger partial charge in [0.15, 0.2) is 10.9 Å². The summed E-state index contributed by atoms with van der Waals surface area (Å²) in [6.07, 6.45) is 0.642. The predicted molar refractivity (Wildman–Crippen MR) is 124 cm³/mol. The fraction of sp³-hybridized carbons (Fsp3) is 0.238. The number of hydrogen-bond donors (Lipinski definition) is 2. The molecule has 0 atom stereocenters. The maximum Gasteiger partial charge on any atom is 0.265 e. The lowest BCUT2D eigenvalue weighted by Crippen LogP contribution is -2.39. The number of benzene rings is 2. The van der Waals surface area contributed by atoms with Crippen LogP contribution in [0.2, 0.25) is 0 Å². The number of nitrogens with zero attached hydrogens (tertiary/aromatic N) is 3. The number of carbonyl (C=O) groups excluding carboxylic acids is 1. The largest absolute Gasteiger partial charge is 0.496 e. The van der Waals surface area contributed by atoms with Gasteiger partial charge in [0.2, 0.25) is 5.16 Å². The number of amides is 1. The lowest BCUT2D eigenvalue weighted by Gasteiger charge is -2.16. The molecule has 162 valence electrons. The summed E-state index contributed by atoms with van der Waals surface area (Å²) in [6, 6.07) is 15.2. The molecule has 0 saturated heterocycles. The van der Waals surface area contributed by atoms with Crippen LogP contribution in [0.15, 0.2) is 53.7 Å². The Balaban J connectivity index is 1.73. The minimum absolute atomic E-state index is 0.106. The first-order chi connectivity index (χ1) is 15.1. The topological polar surface area (TPSA) is 90.3 Å². The van der Waals surface area contributed by atoms with E-state index in [9.17, 15) is 4.79 Å². The number of hydrogen-bond acceptors (Lipinski definition) is 7. The molecule has 10 heteroatoms. The number of thiocarbonyl (C=S) groups is 1. The van der Waals surface area contributed by atoms with Gasteiger partial charge in [-0.2, -0.15) is 0 Å². The van der Waals surface area contributed by atoms with Gasteiger partial charge in [-0.1, -0.05) is 55.1 Å². The number of nitrogens with one attached hydrogen (secondary N) is 2. The van der Waals surface area contributed by atoms with Crippen molar-refractivity contribution in [2.24, 2.45) is 0 Å². The van der Waals surface area contributed by atoms with Crippen LogP contribution >= 0.6 is 24.0 Å². The Morgan fingerprint density at radius 3 is 2.35 bits per heavy atom. The Morgan fingerprint density at radius 1 is 1.06 bits per heavy atom. The van der Waals surface area contributed by atoms with Crippen LogP contribution in [-0.2, 0) is 12.2 Å². The second-order valence-corrected chi connectivity index (χ2v) is 7.65. The van der Waals surface area contributed by atoms with E-state index >= 15 is 0 Å². The smallest absolute Gasteiger partial charge is 0.265 e. The van der Waals surface area contributed by atoms with Gasteiger partial charge in [0, 0.05) is 12.2 Å². The van der Waals surface area contributed by atoms with Crippen LogP contribution in [0.25, 0.3) is 0 Å². The average Bonchev–Trinajstić information content (AvgIpc) is 3.18. The van der Waals surface area contributed by atoms with Crippen molar-refractivity contribution >= 4 is 35.0 Å². The quantitative estimate of drug-likeness (QED) is 0.393. The molecule has 0 aliphatic rings. The minimum Gasteiger partial charge on any atom is -0.496 e. The van der Waals surface area contributed by atoms with Crippen LogP contribution in [0.4, 0.5) is 0 Å². The van der Waals surface area contributed by atoms with E-state index in [0.29, 0.717) is 28.9 Å². The van der Waals surface area contributed by atoms with Crippen LogP contribution in [-0.4, -0.2) is 40.1 Å². The molecule has 0 radical (unpaired) electrons. The Labute approximate surface area is 190 Å². The lowest BCUT2D eigenvalue weighted by atomic mass is 10.1. The summed E-state index contributed by atoms with van der Waals surface area (Å²) < 4.78 is 12.3. The molecule has 3 aromatic rings. The molecule has 0 spiro atoms. The maximum absolute atomic E-state index is 12.8. The predicted octanol–water partition coefficient (Wildman–Crippen LogP) is 3.41. The molecule has 2 aromatic carbocycles. The first kappa shape index (κ1) is 22.6. The summed E-state index contributed by atoms with van der Waals surface area (Å²) in [5.74, 6) is 1.75. The Morgan fingerprint density at radius 2 is 1.74 bits per heavy atom. The molecule has 8 nitrogen and oxygen atoms in total. The monoisotopic (exact) mass is 457 g/mol. The van der Waals surface area contributed by atoms with Gasteiger partial charge in [0.05, 0.1) is 14.2 Å². The maximum atomic E-state index is 12.8. The highest BCUT2D eigenvalue weighted by Gasteiger charge is 2.20. The second-order valence-electron chi connectivity index (χ2n) is 6.29. The van der Waals surface area contributed by atoms with Crippen molar-refractivity contribution in [1.82, 2.24) is 20.2 Å². The number of thioether (sulfide) groups is 1. The van der Waals surface area contributed by atoms with Crippen molar-refractivity contribution in [2.45, 2.75) is 24.3 Å². The van der Waals surface area contributed by atoms with E-state index in [2.05, 4.69) is 20.9 Å². The van der Waals surface area contributed by atoms with Gasteiger partial charge in [-0.3, -0.25) is 15.5 Å². The van der Waals surface area contributed by atoms with Gasteiger partial charge in [0.1, 0.15) is 17.1 Å². The molecule has 0 unspecified atom stereocenters. The molecule has 3 rings (SSSR count). The van der Waals surface area contributed by atoms with Crippen LogP contribution in [0.3, 0.4) is 0 Å². The molecular weight excluding hydrogens is 434 g/mol. The third kappa shape index (κ3) is 5.53. The van der Waals surface area contributed by atoms with Crippen molar-refractivity contribution in [2.75, 3.05) is 19.6 Å². The molecular formula is C21H23N5O3S2. The molecule has 0 aliphatic heterocycles. The van der Waals surface area contributed by atoms with E-state index in [0.717, 1.165) is 5.75 Å². The molecule has 1 amide bonds. The summed E-state index contributed by atoms with van der Waals surface area (Å²) in [5.41, 5.74) is 4.44. The van der Waals surface area contributed by atoms with Gasteiger partial charge in [0.25, 0.3) is 5.91 Å². The Kier molecular flexibility index (Phi) is 7.85. The zero-order valence-electron chi connectivity index (χ0n) is 17.4. The average molecular weight is 458 g/mol. The van der Waals surface area contributed by atoms with E-state index in [1.54, 1.807) is 22.9 Å². The fourth-order valence-electron chi connectivity index (χ4n) is 2.83. The van der Waals surface area contributed by atoms with Crippen molar-refractivity contribution in [3.63, 3.8) is 0 Å². The van der Waals surface area contributed by atoms with Gasteiger partial charge >= 0.3 is 0 Å². The summed E-state index contributed by atoms with van der Waals surface area (Å²) in [5, 5.41) is 11.9. The van der Waals surface area contributed by atoms with Gasteiger partial charge in [-0.25, -0.2) is 4.68 Å². The summed E-state index contributed by atoms with van der Waals surface area (Å²) in [6.45, 7) is 1.97. The van der Waals surface area contributed by atoms with E-state index in [-0.39, 0.29) is 10.7 Å². The fourth-order valence-corrected chi connectivity index (χ4v) is 3.88. The van der Waals surface area contributed by atoms with Crippen molar-refractivity contribution in [3.8, 4) is 11.5 Å². The Bertz CT molecular complexity index is 1030. The normalized spacial score (nSPS) is 10.4. The zero-order chi connectivity index (χ0) is 22.2. The number of aryl methyl sites for hydroxylation is 1. The lowest BCUT2D eigenvalue weighted by molar-refractivity contribution is 0.0971. The zero-order valence-corrected chi connectivity index (χ0v) is 19.0. The van der Waals surface area contributed by atoms with Crippen molar-refractivity contribution in [3.05, 3.63) is 65.5 Å². The molecule has 1 aromatic heterocycles. The minimum atomic E-state index is -0.448. The molecule has 1 heterocycles. The van der Waals surface area contributed by atoms with E-state index < -0.39 is 5.91 Å². The van der Waals surface area contributed by atoms with E-state index in [1.165, 1.54) is 31.5 Å². The van der Waals surface area contributed by atoms with Gasteiger partial charge < -0.3 is 9.47 Å².